The van der Waals surface area contributed by atoms with E-state index in [0.717, 1.165) is 18.5 Å². The predicted molar refractivity (Wildman–Crippen MR) is 88.3 cm³/mol. The van der Waals surface area contributed by atoms with Gasteiger partial charge in [0.25, 0.3) is 0 Å². The number of benzene rings is 1. The Bertz CT molecular complexity index is 581. The molecule has 124 valence electrons. The van der Waals surface area contributed by atoms with E-state index in [1.54, 1.807) is 29.2 Å². The Labute approximate surface area is 135 Å². The third kappa shape index (κ3) is 5.61. The number of hydrogen-bond donors (Lipinski definition) is 3. The van der Waals surface area contributed by atoms with Crippen LogP contribution in [0.25, 0.3) is 0 Å². The highest BCUT2D eigenvalue weighted by molar-refractivity contribution is 5.92. The number of carbonyl (C=O) groups is 3. The van der Waals surface area contributed by atoms with Gasteiger partial charge in [-0.1, -0.05) is 0 Å². The molecule has 1 aromatic rings. The number of urea groups is 1. The van der Waals surface area contributed by atoms with Crippen LogP contribution in [0.2, 0.25) is 0 Å². The van der Waals surface area contributed by atoms with Crippen LogP contribution in [0.3, 0.4) is 0 Å². The van der Waals surface area contributed by atoms with Gasteiger partial charge in [0.2, 0.25) is 11.8 Å². The molecule has 1 aliphatic rings. The summed E-state index contributed by atoms with van der Waals surface area (Å²) in [4.78, 5) is 35.9. The molecule has 1 aliphatic carbocycles. The first-order chi connectivity index (χ1) is 11.0. The Balaban J connectivity index is 1.88. The zero-order chi connectivity index (χ0) is 16.8. The molecule has 0 radical (unpaired) electrons. The second kappa shape index (κ2) is 7.62. The predicted octanol–water partition coefficient (Wildman–Crippen LogP) is 1.46. The summed E-state index contributed by atoms with van der Waals surface area (Å²) in [6, 6.07) is 7.10. The monoisotopic (exact) mass is 318 g/mol. The lowest BCUT2D eigenvalue weighted by Crippen LogP contribution is -2.42. The van der Waals surface area contributed by atoms with Gasteiger partial charge in [0.1, 0.15) is 0 Å². The molecule has 1 aromatic carbocycles. The van der Waals surface area contributed by atoms with E-state index in [0.29, 0.717) is 24.8 Å². The molecule has 23 heavy (non-hydrogen) atoms. The van der Waals surface area contributed by atoms with Crippen LogP contribution in [0.5, 0.6) is 0 Å². The Kier molecular flexibility index (Phi) is 5.56. The number of amides is 4. The molecule has 3 N–H and O–H groups in total. The van der Waals surface area contributed by atoms with Gasteiger partial charge in [0, 0.05) is 44.4 Å². The van der Waals surface area contributed by atoms with Gasteiger partial charge in [-0.25, -0.2) is 4.79 Å². The van der Waals surface area contributed by atoms with Crippen LogP contribution in [-0.4, -0.2) is 37.0 Å². The normalized spacial score (nSPS) is 13.1. The van der Waals surface area contributed by atoms with Crippen molar-refractivity contribution in [1.29, 1.82) is 0 Å². The average molecular weight is 318 g/mol. The van der Waals surface area contributed by atoms with Crippen molar-refractivity contribution in [1.82, 2.24) is 10.6 Å². The van der Waals surface area contributed by atoms with Crippen LogP contribution < -0.4 is 20.9 Å². The van der Waals surface area contributed by atoms with E-state index in [9.17, 15) is 14.4 Å². The summed E-state index contributed by atoms with van der Waals surface area (Å²) in [5, 5.41) is 8.25. The highest BCUT2D eigenvalue weighted by Crippen LogP contribution is 2.19. The van der Waals surface area contributed by atoms with Crippen LogP contribution in [-0.2, 0) is 9.59 Å². The highest BCUT2D eigenvalue weighted by Gasteiger charge is 2.23. The summed E-state index contributed by atoms with van der Waals surface area (Å²) < 4.78 is 0. The van der Waals surface area contributed by atoms with Gasteiger partial charge in [-0.05, 0) is 37.1 Å². The zero-order valence-electron chi connectivity index (χ0n) is 13.4. The van der Waals surface area contributed by atoms with Gasteiger partial charge < -0.3 is 20.9 Å². The summed E-state index contributed by atoms with van der Waals surface area (Å²) in [6.45, 7) is 3.67. The summed E-state index contributed by atoms with van der Waals surface area (Å²) >= 11 is 0. The van der Waals surface area contributed by atoms with Gasteiger partial charge >= 0.3 is 6.03 Å². The molecule has 2 rings (SSSR count). The number of nitrogens with one attached hydrogen (secondary N) is 3. The van der Waals surface area contributed by atoms with Gasteiger partial charge in [-0.15, -0.1) is 0 Å². The highest BCUT2D eigenvalue weighted by atomic mass is 16.2. The van der Waals surface area contributed by atoms with Crippen LogP contribution in [0, 0.1) is 0 Å². The maximum absolute atomic E-state index is 11.8. The Hall–Kier alpha value is -2.57. The van der Waals surface area contributed by atoms with Crippen molar-refractivity contribution in [2.45, 2.75) is 32.7 Å². The molecular weight excluding hydrogens is 296 g/mol. The first-order valence-electron chi connectivity index (χ1n) is 7.66. The molecule has 0 spiro atoms. The largest absolute Gasteiger partial charge is 0.336 e. The second-order valence-corrected chi connectivity index (χ2v) is 5.57. The number of nitrogens with zero attached hydrogens (tertiary/aromatic N) is 1. The molecule has 1 saturated carbocycles. The quantitative estimate of drug-likeness (QED) is 0.741. The van der Waals surface area contributed by atoms with Gasteiger partial charge in [-0.2, -0.15) is 0 Å². The molecular formula is C16H22N4O3. The first-order valence-corrected chi connectivity index (χ1v) is 7.66. The van der Waals surface area contributed by atoms with Crippen molar-refractivity contribution >= 4 is 29.2 Å². The second-order valence-electron chi connectivity index (χ2n) is 5.57. The molecule has 7 nitrogen and oxygen atoms in total. The maximum atomic E-state index is 11.8. The fourth-order valence-corrected chi connectivity index (χ4v) is 2.14. The lowest BCUT2D eigenvalue weighted by molar-refractivity contribution is -0.116. The molecule has 1 fully saturated rings. The molecule has 0 atom stereocenters. The van der Waals surface area contributed by atoms with E-state index in [-0.39, 0.29) is 17.8 Å². The minimum absolute atomic E-state index is 0.110. The number of anilines is 2. The van der Waals surface area contributed by atoms with Crippen LogP contribution in [0.4, 0.5) is 16.2 Å². The third-order valence-corrected chi connectivity index (χ3v) is 3.41. The zero-order valence-corrected chi connectivity index (χ0v) is 13.4. The van der Waals surface area contributed by atoms with Gasteiger partial charge in [0.15, 0.2) is 0 Å². The van der Waals surface area contributed by atoms with Gasteiger partial charge in [0.05, 0.1) is 0 Å². The lowest BCUT2D eigenvalue weighted by atomic mass is 10.2. The van der Waals surface area contributed by atoms with Crippen molar-refractivity contribution in [3.05, 3.63) is 24.3 Å². The third-order valence-electron chi connectivity index (χ3n) is 3.41. The molecule has 0 aliphatic heterocycles. The van der Waals surface area contributed by atoms with Crippen molar-refractivity contribution in [3.8, 4) is 0 Å². The number of carbonyl (C=O) groups excluding carboxylic acids is 3. The van der Waals surface area contributed by atoms with Crippen LogP contribution >= 0.6 is 0 Å². The fourth-order valence-electron chi connectivity index (χ4n) is 2.14. The van der Waals surface area contributed by atoms with Gasteiger partial charge in [-0.3, -0.25) is 9.59 Å². The average Bonchev–Trinajstić information content (AvgIpc) is 3.27. The Morgan fingerprint density at radius 2 is 1.78 bits per heavy atom. The minimum Gasteiger partial charge on any atom is -0.336 e. The first kappa shape index (κ1) is 16.8. The van der Waals surface area contributed by atoms with E-state index in [1.807, 2.05) is 0 Å². The molecule has 0 aromatic heterocycles. The summed E-state index contributed by atoms with van der Waals surface area (Å²) in [5.74, 6) is -0.256. The molecule has 4 amide bonds. The summed E-state index contributed by atoms with van der Waals surface area (Å²) in [5.41, 5.74) is 1.39. The van der Waals surface area contributed by atoms with E-state index < -0.39 is 0 Å². The molecule has 0 unspecified atom stereocenters. The Morgan fingerprint density at radius 1 is 1.13 bits per heavy atom. The molecule has 0 saturated heterocycles. The lowest BCUT2D eigenvalue weighted by Gasteiger charge is -2.21. The van der Waals surface area contributed by atoms with E-state index in [4.69, 9.17) is 0 Å². The standard InChI is InChI=1S/C16H22N4O3/c1-11(21)18-13-5-7-15(8-6-13)20(12(2)22)10-9-17-16(23)19-14-3-4-14/h5-8,14H,3-4,9-10H2,1-2H3,(H,18,21)(H2,17,19,23). The SMILES string of the molecule is CC(=O)Nc1ccc(N(CCNC(=O)NC2CC2)C(C)=O)cc1. The molecule has 0 bridgehead atoms. The Morgan fingerprint density at radius 3 is 2.30 bits per heavy atom. The molecule has 7 heteroatoms. The van der Waals surface area contributed by atoms with E-state index >= 15 is 0 Å². The van der Waals surface area contributed by atoms with E-state index in [1.165, 1.54) is 13.8 Å². The summed E-state index contributed by atoms with van der Waals surface area (Å²) in [6.07, 6.45) is 2.07. The van der Waals surface area contributed by atoms with Crippen molar-refractivity contribution in [3.63, 3.8) is 0 Å². The van der Waals surface area contributed by atoms with Crippen molar-refractivity contribution in [2.75, 3.05) is 23.3 Å². The van der Waals surface area contributed by atoms with Crippen molar-refractivity contribution in [2.24, 2.45) is 0 Å². The summed E-state index contributed by atoms with van der Waals surface area (Å²) in [7, 11) is 0. The van der Waals surface area contributed by atoms with E-state index in [2.05, 4.69) is 16.0 Å². The minimum atomic E-state index is -0.197. The van der Waals surface area contributed by atoms with Crippen LogP contribution in [0.1, 0.15) is 26.7 Å². The smallest absolute Gasteiger partial charge is 0.315 e. The molecule has 0 heterocycles. The fraction of sp³-hybridized carbons (Fsp3) is 0.438. The number of hydrogen-bond acceptors (Lipinski definition) is 3. The van der Waals surface area contributed by atoms with Crippen LogP contribution in [0.15, 0.2) is 24.3 Å². The topological polar surface area (TPSA) is 90.5 Å². The maximum Gasteiger partial charge on any atom is 0.315 e. The van der Waals surface area contributed by atoms with Crippen molar-refractivity contribution < 1.29 is 14.4 Å². The number of rotatable bonds is 6.